The van der Waals surface area contributed by atoms with Crippen molar-refractivity contribution < 1.29 is 9.53 Å². The number of methoxy groups -OCH3 is 1. The van der Waals surface area contributed by atoms with Gasteiger partial charge in [-0.1, -0.05) is 66.7 Å². The van der Waals surface area contributed by atoms with Crippen LogP contribution in [0.2, 0.25) is 0 Å². The summed E-state index contributed by atoms with van der Waals surface area (Å²) in [6.45, 7) is 0.647. The average Bonchev–Trinajstić information content (AvgIpc) is 2.76. The largest absolute Gasteiger partial charge is 0.496 e. The summed E-state index contributed by atoms with van der Waals surface area (Å²) >= 11 is 0. The Hall–Kier alpha value is -3.11. The quantitative estimate of drug-likeness (QED) is 0.724. The van der Waals surface area contributed by atoms with Gasteiger partial charge in [0.1, 0.15) is 5.75 Å². The van der Waals surface area contributed by atoms with Crippen molar-refractivity contribution in [2.75, 3.05) is 14.2 Å². The molecule has 3 aromatic rings. The topological polar surface area (TPSA) is 41.6 Å². The molecule has 1 heterocycles. The van der Waals surface area contributed by atoms with Gasteiger partial charge in [-0.25, -0.2) is 0 Å². The zero-order valence-electron chi connectivity index (χ0n) is 16.1. The first-order valence-corrected chi connectivity index (χ1v) is 9.47. The molecule has 28 heavy (non-hydrogen) atoms. The zero-order valence-corrected chi connectivity index (χ0v) is 16.1. The van der Waals surface area contributed by atoms with E-state index in [4.69, 9.17) is 4.74 Å². The molecule has 4 nitrogen and oxygen atoms in total. The predicted molar refractivity (Wildman–Crippen MR) is 110 cm³/mol. The van der Waals surface area contributed by atoms with E-state index in [-0.39, 0.29) is 18.0 Å². The number of carbonyl (C=O) groups excluding carboxylic acids is 1. The van der Waals surface area contributed by atoms with Gasteiger partial charge in [0.2, 0.25) is 0 Å². The number of fused-ring (bicyclic) bond motifs is 1. The SMILES string of the molecule is COc1ccccc1CNC1c2ccccc2C(=O)N(C)C1c1ccccc1. The standard InChI is InChI=1S/C24H24N2O2/c1-26-23(17-10-4-3-5-11-17)22(19-13-7-8-14-20(19)24(26)27)25-16-18-12-6-9-15-21(18)28-2/h3-15,22-23,25H,16H2,1-2H3. The molecule has 0 bridgehead atoms. The van der Waals surface area contributed by atoms with Gasteiger partial charge in [-0.05, 0) is 23.3 Å². The number of nitrogens with zero attached hydrogens (tertiary/aromatic N) is 1. The fourth-order valence-electron chi connectivity index (χ4n) is 4.03. The molecule has 1 amide bonds. The third kappa shape index (κ3) is 3.27. The van der Waals surface area contributed by atoms with Crippen LogP contribution in [0.4, 0.5) is 0 Å². The normalized spacial score (nSPS) is 18.6. The van der Waals surface area contributed by atoms with E-state index in [9.17, 15) is 4.79 Å². The van der Waals surface area contributed by atoms with Crippen LogP contribution >= 0.6 is 0 Å². The highest BCUT2D eigenvalue weighted by molar-refractivity contribution is 5.97. The summed E-state index contributed by atoms with van der Waals surface area (Å²) in [5.74, 6) is 0.916. The van der Waals surface area contributed by atoms with E-state index in [2.05, 4.69) is 29.6 Å². The van der Waals surface area contributed by atoms with Crippen LogP contribution in [-0.2, 0) is 6.54 Å². The molecule has 0 spiro atoms. The molecule has 0 fully saturated rings. The number of hydrogen-bond acceptors (Lipinski definition) is 3. The summed E-state index contributed by atoms with van der Waals surface area (Å²) in [6, 6.07) is 26.0. The maximum Gasteiger partial charge on any atom is 0.254 e. The van der Waals surface area contributed by atoms with Crippen molar-refractivity contribution >= 4 is 5.91 Å². The first kappa shape index (κ1) is 18.3. The molecule has 1 aliphatic heterocycles. The molecule has 1 N–H and O–H groups in total. The van der Waals surface area contributed by atoms with Gasteiger partial charge in [-0.2, -0.15) is 0 Å². The smallest absolute Gasteiger partial charge is 0.254 e. The Morgan fingerprint density at radius 1 is 0.929 bits per heavy atom. The molecule has 0 saturated heterocycles. The summed E-state index contributed by atoms with van der Waals surface area (Å²) in [7, 11) is 3.57. The third-order valence-electron chi connectivity index (χ3n) is 5.43. The van der Waals surface area contributed by atoms with E-state index in [1.54, 1.807) is 7.11 Å². The molecule has 142 valence electrons. The number of para-hydroxylation sites is 1. The molecule has 3 aromatic carbocycles. The second-order valence-electron chi connectivity index (χ2n) is 7.03. The van der Waals surface area contributed by atoms with Crippen LogP contribution in [0.15, 0.2) is 78.9 Å². The van der Waals surface area contributed by atoms with Crippen LogP contribution in [0.25, 0.3) is 0 Å². The average molecular weight is 372 g/mol. The van der Waals surface area contributed by atoms with Gasteiger partial charge in [0, 0.05) is 24.7 Å². The van der Waals surface area contributed by atoms with Gasteiger partial charge < -0.3 is 15.0 Å². The summed E-state index contributed by atoms with van der Waals surface area (Å²) in [5.41, 5.74) is 4.00. The number of nitrogens with one attached hydrogen (secondary N) is 1. The van der Waals surface area contributed by atoms with E-state index < -0.39 is 0 Å². The van der Waals surface area contributed by atoms with Crippen molar-refractivity contribution in [2.45, 2.75) is 18.6 Å². The number of rotatable bonds is 5. The lowest BCUT2D eigenvalue weighted by molar-refractivity contribution is 0.0652. The number of amides is 1. The lowest BCUT2D eigenvalue weighted by atomic mass is 9.85. The highest BCUT2D eigenvalue weighted by atomic mass is 16.5. The van der Waals surface area contributed by atoms with Gasteiger partial charge in [-0.15, -0.1) is 0 Å². The van der Waals surface area contributed by atoms with Crippen LogP contribution in [0.5, 0.6) is 5.75 Å². The van der Waals surface area contributed by atoms with Crippen molar-refractivity contribution in [2.24, 2.45) is 0 Å². The third-order valence-corrected chi connectivity index (χ3v) is 5.43. The molecular formula is C24H24N2O2. The van der Waals surface area contributed by atoms with Crippen LogP contribution in [0.1, 0.15) is 39.1 Å². The monoisotopic (exact) mass is 372 g/mol. The molecule has 2 unspecified atom stereocenters. The Labute approximate surface area is 165 Å². The Bertz CT molecular complexity index is 971. The molecule has 1 aliphatic rings. The fourth-order valence-corrected chi connectivity index (χ4v) is 4.03. The molecule has 0 aliphatic carbocycles. The molecule has 0 radical (unpaired) electrons. The van der Waals surface area contributed by atoms with Gasteiger partial charge in [0.05, 0.1) is 19.2 Å². The van der Waals surface area contributed by atoms with Crippen LogP contribution in [0, 0.1) is 0 Å². The van der Waals surface area contributed by atoms with Crippen LogP contribution < -0.4 is 10.1 Å². The highest BCUT2D eigenvalue weighted by Gasteiger charge is 2.38. The predicted octanol–water partition coefficient (Wildman–Crippen LogP) is 4.35. The number of likely N-dealkylation sites (N-methyl/N-ethyl adjacent to an activating group) is 1. The van der Waals surface area contributed by atoms with Gasteiger partial charge in [0.15, 0.2) is 0 Å². The van der Waals surface area contributed by atoms with E-state index in [1.807, 2.05) is 66.5 Å². The van der Waals surface area contributed by atoms with Crippen LogP contribution in [0.3, 0.4) is 0 Å². The first-order chi connectivity index (χ1) is 13.7. The lowest BCUT2D eigenvalue weighted by Crippen LogP contribution is -2.44. The minimum Gasteiger partial charge on any atom is -0.496 e. The van der Waals surface area contributed by atoms with E-state index in [1.165, 1.54) is 0 Å². The number of benzene rings is 3. The minimum absolute atomic E-state index is 0.0220. The van der Waals surface area contributed by atoms with E-state index >= 15 is 0 Å². The number of carbonyl (C=O) groups is 1. The molecule has 2 atom stereocenters. The van der Waals surface area contributed by atoms with Gasteiger partial charge in [0.25, 0.3) is 5.91 Å². The Kier molecular flexibility index (Phi) is 5.13. The number of hydrogen-bond donors (Lipinski definition) is 1. The number of ether oxygens (including phenoxy) is 1. The van der Waals surface area contributed by atoms with Crippen LogP contribution in [-0.4, -0.2) is 25.0 Å². The lowest BCUT2D eigenvalue weighted by Gasteiger charge is -2.41. The Morgan fingerprint density at radius 2 is 1.61 bits per heavy atom. The fraction of sp³-hybridized carbons (Fsp3) is 0.208. The molecule has 0 saturated carbocycles. The maximum atomic E-state index is 13.0. The highest BCUT2D eigenvalue weighted by Crippen LogP contribution is 2.40. The minimum atomic E-state index is -0.0849. The molecule has 0 aromatic heterocycles. The molecule has 4 heteroatoms. The Balaban J connectivity index is 1.73. The second-order valence-corrected chi connectivity index (χ2v) is 7.03. The zero-order chi connectivity index (χ0) is 19.5. The van der Waals surface area contributed by atoms with E-state index in [0.29, 0.717) is 6.54 Å². The summed E-state index contributed by atoms with van der Waals surface area (Å²) < 4.78 is 5.50. The van der Waals surface area contributed by atoms with Gasteiger partial charge >= 0.3 is 0 Å². The van der Waals surface area contributed by atoms with Crippen molar-refractivity contribution in [1.82, 2.24) is 10.2 Å². The molecule has 4 rings (SSSR count). The summed E-state index contributed by atoms with van der Waals surface area (Å²) in [6.07, 6.45) is 0. The van der Waals surface area contributed by atoms with Crippen molar-refractivity contribution in [3.05, 3.63) is 101 Å². The maximum absolute atomic E-state index is 13.0. The van der Waals surface area contributed by atoms with Crippen molar-refractivity contribution in [3.8, 4) is 5.75 Å². The van der Waals surface area contributed by atoms with Crippen molar-refractivity contribution in [1.29, 1.82) is 0 Å². The van der Waals surface area contributed by atoms with Crippen molar-refractivity contribution in [3.63, 3.8) is 0 Å². The summed E-state index contributed by atoms with van der Waals surface area (Å²) in [5, 5.41) is 3.69. The summed E-state index contributed by atoms with van der Waals surface area (Å²) in [4.78, 5) is 14.8. The second kappa shape index (κ2) is 7.87. The first-order valence-electron chi connectivity index (χ1n) is 9.47. The van der Waals surface area contributed by atoms with E-state index in [0.717, 1.165) is 28.0 Å². The van der Waals surface area contributed by atoms with Gasteiger partial charge in [-0.3, -0.25) is 4.79 Å². The molecular weight excluding hydrogens is 348 g/mol. The Morgan fingerprint density at radius 3 is 2.39 bits per heavy atom.